The van der Waals surface area contributed by atoms with Crippen LogP contribution in [-0.4, -0.2) is 9.97 Å². The van der Waals surface area contributed by atoms with Crippen molar-refractivity contribution < 1.29 is 9.13 Å². The van der Waals surface area contributed by atoms with E-state index >= 15 is 0 Å². The topological polar surface area (TPSA) is 61.0 Å². The largest absolute Gasteiger partial charge is 0.436 e. The zero-order chi connectivity index (χ0) is 12.4. The molecule has 0 bridgehead atoms. The number of hydrogen-bond acceptors (Lipinski definition) is 4. The lowest BCUT2D eigenvalue weighted by Gasteiger charge is -2.09. The molecule has 0 saturated heterocycles. The van der Waals surface area contributed by atoms with E-state index in [9.17, 15) is 4.39 Å². The average molecular weight is 233 g/mol. The van der Waals surface area contributed by atoms with Crippen LogP contribution in [0.3, 0.4) is 0 Å². The lowest BCUT2D eigenvalue weighted by atomic mass is 10.1. The molecule has 0 radical (unpaired) electrons. The van der Waals surface area contributed by atoms with Gasteiger partial charge in [0.1, 0.15) is 5.75 Å². The highest BCUT2D eigenvalue weighted by atomic mass is 19.1. The van der Waals surface area contributed by atoms with Gasteiger partial charge in [0.25, 0.3) is 5.88 Å². The van der Waals surface area contributed by atoms with Gasteiger partial charge in [-0.25, -0.2) is 4.98 Å². The first kappa shape index (κ1) is 11.3. The molecule has 4 nitrogen and oxygen atoms in total. The van der Waals surface area contributed by atoms with E-state index < -0.39 is 5.82 Å². The third kappa shape index (κ3) is 2.50. The second-order valence-corrected chi connectivity index (χ2v) is 3.75. The minimum Gasteiger partial charge on any atom is -0.436 e. The molecule has 2 aromatic rings. The van der Waals surface area contributed by atoms with Crippen LogP contribution in [0.25, 0.3) is 0 Å². The Morgan fingerprint density at radius 3 is 2.76 bits per heavy atom. The van der Waals surface area contributed by atoms with E-state index in [1.165, 1.54) is 0 Å². The Bertz CT molecular complexity index is 557. The molecule has 0 fully saturated rings. The summed E-state index contributed by atoms with van der Waals surface area (Å²) in [6.07, 6.45) is 0.987. The molecule has 17 heavy (non-hydrogen) atoms. The molecular weight excluding hydrogens is 221 g/mol. The second-order valence-electron chi connectivity index (χ2n) is 3.75. The van der Waals surface area contributed by atoms with Gasteiger partial charge in [0.15, 0.2) is 0 Å². The zero-order valence-electron chi connectivity index (χ0n) is 9.57. The van der Waals surface area contributed by atoms with E-state index in [4.69, 9.17) is 10.5 Å². The summed E-state index contributed by atoms with van der Waals surface area (Å²) in [6, 6.07) is 5.59. The van der Waals surface area contributed by atoms with Crippen molar-refractivity contribution in [3.8, 4) is 11.6 Å². The first-order valence-corrected chi connectivity index (χ1v) is 5.09. The minimum absolute atomic E-state index is 0.0221. The van der Waals surface area contributed by atoms with Gasteiger partial charge in [-0.05, 0) is 25.5 Å². The van der Waals surface area contributed by atoms with Gasteiger partial charge >= 0.3 is 0 Å². The van der Waals surface area contributed by atoms with Crippen molar-refractivity contribution in [2.24, 2.45) is 0 Å². The van der Waals surface area contributed by atoms with Crippen molar-refractivity contribution in [3.05, 3.63) is 41.3 Å². The molecule has 0 amide bonds. The molecule has 1 aromatic heterocycles. The molecular formula is C12H12FN3O. The van der Waals surface area contributed by atoms with Crippen molar-refractivity contribution in [2.45, 2.75) is 13.8 Å². The number of aryl methyl sites for hydroxylation is 2. The normalized spacial score (nSPS) is 10.3. The number of halogens is 1. The molecule has 1 heterocycles. The van der Waals surface area contributed by atoms with Gasteiger partial charge in [-0.3, -0.25) is 0 Å². The van der Waals surface area contributed by atoms with Gasteiger partial charge in [-0.1, -0.05) is 17.7 Å². The van der Waals surface area contributed by atoms with Crippen LogP contribution in [0.1, 0.15) is 11.1 Å². The lowest BCUT2D eigenvalue weighted by molar-refractivity contribution is 0.418. The predicted molar refractivity (Wildman–Crippen MR) is 62.4 cm³/mol. The highest BCUT2D eigenvalue weighted by molar-refractivity contribution is 5.38. The first-order chi connectivity index (χ1) is 8.06. The fourth-order valence-corrected chi connectivity index (χ4v) is 1.45. The van der Waals surface area contributed by atoms with E-state index in [0.717, 1.165) is 17.3 Å². The summed E-state index contributed by atoms with van der Waals surface area (Å²) in [5.41, 5.74) is 7.39. The highest BCUT2D eigenvalue weighted by Crippen LogP contribution is 2.26. The first-order valence-electron chi connectivity index (χ1n) is 5.09. The number of nitrogens with zero attached hydrogens (tertiary/aromatic N) is 2. The third-order valence-corrected chi connectivity index (χ3v) is 2.27. The Kier molecular flexibility index (Phi) is 2.91. The zero-order valence-corrected chi connectivity index (χ0v) is 9.57. The molecule has 5 heteroatoms. The quantitative estimate of drug-likeness (QED) is 0.866. The summed E-state index contributed by atoms with van der Waals surface area (Å²) in [4.78, 5) is 7.23. The molecule has 0 atom stereocenters. The van der Waals surface area contributed by atoms with Crippen LogP contribution in [0, 0.1) is 19.7 Å². The highest BCUT2D eigenvalue weighted by Gasteiger charge is 2.09. The molecule has 0 saturated carbocycles. The Morgan fingerprint density at radius 1 is 1.29 bits per heavy atom. The number of benzene rings is 1. The predicted octanol–water partition coefficient (Wildman–Crippen LogP) is 2.61. The maximum absolute atomic E-state index is 13.4. The maximum Gasteiger partial charge on any atom is 0.260 e. The number of nitrogen functional groups attached to an aromatic ring is 1. The molecule has 0 spiro atoms. The lowest BCUT2D eigenvalue weighted by Crippen LogP contribution is -2.00. The van der Waals surface area contributed by atoms with Gasteiger partial charge < -0.3 is 10.5 Å². The fourth-order valence-electron chi connectivity index (χ4n) is 1.45. The van der Waals surface area contributed by atoms with Crippen LogP contribution in [0.4, 0.5) is 10.3 Å². The number of nitrogens with two attached hydrogens (primary N) is 1. The van der Waals surface area contributed by atoms with Gasteiger partial charge in [-0.15, -0.1) is 0 Å². The van der Waals surface area contributed by atoms with E-state index in [2.05, 4.69) is 9.97 Å². The average Bonchev–Trinajstić information content (AvgIpc) is 2.27. The van der Waals surface area contributed by atoms with Crippen molar-refractivity contribution in [3.63, 3.8) is 0 Å². The minimum atomic E-state index is -0.640. The summed E-state index contributed by atoms with van der Waals surface area (Å²) >= 11 is 0. The van der Waals surface area contributed by atoms with Crippen LogP contribution in [0.2, 0.25) is 0 Å². The van der Waals surface area contributed by atoms with E-state index in [0.29, 0.717) is 5.75 Å². The number of anilines is 1. The monoisotopic (exact) mass is 233 g/mol. The van der Waals surface area contributed by atoms with E-state index in [-0.39, 0.29) is 11.8 Å². The Morgan fingerprint density at radius 2 is 2.06 bits per heavy atom. The summed E-state index contributed by atoms with van der Waals surface area (Å²) < 4.78 is 18.7. The molecule has 0 aliphatic heterocycles. The van der Waals surface area contributed by atoms with E-state index in [1.807, 2.05) is 26.0 Å². The summed E-state index contributed by atoms with van der Waals surface area (Å²) in [7, 11) is 0. The summed E-state index contributed by atoms with van der Waals surface area (Å²) in [5, 5.41) is 0. The number of rotatable bonds is 2. The van der Waals surface area contributed by atoms with Crippen molar-refractivity contribution in [1.29, 1.82) is 0 Å². The number of hydrogen-bond donors (Lipinski definition) is 1. The summed E-state index contributed by atoms with van der Waals surface area (Å²) in [6.45, 7) is 3.85. The molecule has 88 valence electrons. The van der Waals surface area contributed by atoms with Crippen LogP contribution in [0.15, 0.2) is 24.4 Å². The van der Waals surface area contributed by atoms with Crippen LogP contribution >= 0.6 is 0 Å². The molecule has 1 aromatic carbocycles. The van der Waals surface area contributed by atoms with Gasteiger partial charge in [-0.2, -0.15) is 9.37 Å². The van der Waals surface area contributed by atoms with Gasteiger partial charge in [0.2, 0.25) is 11.8 Å². The molecule has 0 unspecified atom stereocenters. The van der Waals surface area contributed by atoms with Crippen molar-refractivity contribution >= 4 is 5.95 Å². The third-order valence-electron chi connectivity index (χ3n) is 2.27. The Hall–Kier alpha value is -2.17. The Labute approximate surface area is 98.3 Å². The van der Waals surface area contributed by atoms with Crippen LogP contribution in [0.5, 0.6) is 11.6 Å². The van der Waals surface area contributed by atoms with Gasteiger partial charge in [0.05, 0.1) is 6.20 Å². The molecule has 2 rings (SSSR count). The van der Waals surface area contributed by atoms with Crippen LogP contribution in [-0.2, 0) is 0 Å². The molecule has 0 aliphatic rings. The van der Waals surface area contributed by atoms with E-state index in [1.54, 1.807) is 6.07 Å². The fraction of sp³-hybridized carbons (Fsp3) is 0.167. The van der Waals surface area contributed by atoms with Crippen molar-refractivity contribution in [2.75, 3.05) is 5.73 Å². The second kappa shape index (κ2) is 4.37. The SMILES string of the molecule is Cc1ccc(Oc2nc(N)ncc2F)c(C)c1. The number of aromatic nitrogens is 2. The van der Waals surface area contributed by atoms with Crippen LogP contribution < -0.4 is 10.5 Å². The smallest absolute Gasteiger partial charge is 0.260 e. The maximum atomic E-state index is 13.4. The number of ether oxygens (including phenoxy) is 1. The summed E-state index contributed by atoms with van der Waals surface area (Å²) in [5.74, 6) is -0.276. The van der Waals surface area contributed by atoms with Gasteiger partial charge in [0, 0.05) is 0 Å². The standard InChI is InChI=1S/C12H12FN3O/c1-7-3-4-10(8(2)5-7)17-11-9(13)6-15-12(14)16-11/h3-6H,1-2H3,(H2,14,15,16). The molecule has 0 aliphatic carbocycles. The molecule has 2 N–H and O–H groups in total. The Balaban J connectivity index is 2.34. The van der Waals surface area contributed by atoms with Crippen molar-refractivity contribution in [1.82, 2.24) is 9.97 Å².